The van der Waals surface area contributed by atoms with Gasteiger partial charge in [0.05, 0.1) is 5.56 Å². The molecule has 0 heterocycles. The van der Waals surface area contributed by atoms with Crippen LogP contribution in [0, 0.1) is 0 Å². The van der Waals surface area contributed by atoms with Crippen molar-refractivity contribution in [3.05, 3.63) is 29.8 Å². The van der Waals surface area contributed by atoms with Crippen LogP contribution < -0.4 is 4.57 Å². The second kappa shape index (κ2) is 9.44. The smallest absolute Gasteiger partial charge is 0.460 e. The van der Waals surface area contributed by atoms with Crippen molar-refractivity contribution >= 4 is 34.1 Å². The first kappa shape index (κ1) is 32.1. The second-order valence-electron chi connectivity index (χ2n) is 11.8. The number of nitrogens with zero attached hydrogens (tertiary/aromatic N) is 1. The molecule has 1 rings (SSSR count). The molecule has 36 heavy (non-hydrogen) atoms. The Morgan fingerprint density at radius 1 is 0.750 bits per heavy atom. The van der Waals surface area contributed by atoms with E-state index in [4.69, 9.17) is 4.43 Å². The average Bonchev–Trinajstić information content (AvgIpc) is 2.65. The minimum absolute atomic E-state index is 0.0126. The molecule has 0 N–H and O–H groups in total. The van der Waals surface area contributed by atoms with Crippen LogP contribution in [0.3, 0.4) is 0 Å². The second-order valence-corrected chi connectivity index (χ2v) is 21.6. The van der Waals surface area contributed by atoms with Crippen LogP contribution in [-0.4, -0.2) is 46.5 Å². The van der Waals surface area contributed by atoms with Gasteiger partial charge in [-0.15, -0.1) is 0 Å². The highest BCUT2D eigenvalue weighted by Crippen LogP contribution is 2.50. The van der Waals surface area contributed by atoms with Crippen LogP contribution in [-0.2, 0) is 9.22 Å². The molecule has 0 saturated carbocycles. The van der Waals surface area contributed by atoms with Crippen LogP contribution in [0.4, 0.5) is 36.4 Å². The van der Waals surface area contributed by atoms with Crippen LogP contribution in [0.25, 0.3) is 0 Å². The summed E-state index contributed by atoms with van der Waals surface area (Å²) in [6.07, 6.45) is -6.65. The number of benzene rings is 1. The van der Waals surface area contributed by atoms with Crippen molar-refractivity contribution < 1.29 is 44.7 Å². The third kappa shape index (κ3) is 5.81. The fourth-order valence-corrected chi connectivity index (χ4v) is 5.67. The first-order valence-corrected chi connectivity index (χ1v) is 17.0. The molecule has 0 radical (unpaired) electrons. The van der Waals surface area contributed by atoms with Gasteiger partial charge >= 0.3 is 24.0 Å². The number of carbonyl (C=O) groups excluding carboxylic acids is 2. The number of alkyl halides is 7. The predicted molar refractivity (Wildman–Crippen MR) is 130 cm³/mol. The summed E-state index contributed by atoms with van der Waals surface area (Å²) >= 11 is 0. The lowest BCUT2D eigenvalue weighted by atomic mass is 10.1. The van der Waals surface area contributed by atoms with E-state index >= 15 is 0 Å². The van der Waals surface area contributed by atoms with E-state index in [9.17, 15) is 40.3 Å². The Balaban J connectivity index is 3.60. The van der Waals surface area contributed by atoms with E-state index in [0.29, 0.717) is 4.57 Å². The van der Waals surface area contributed by atoms with Crippen molar-refractivity contribution in [2.45, 2.75) is 95.8 Å². The highest BCUT2D eigenvalue weighted by molar-refractivity contribution is 6.86. The zero-order chi connectivity index (χ0) is 28.9. The number of carbonyl (C=O) groups is 2. The maximum absolute atomic E-state index is 14.5. The summed E-state index contributed by atoms with van der Waals surface area (Å²) in [5.41, 5.74) is -0.313. The molecule has 0 aliphatic carbocycles. The third-order valence-corrected chi connectivity index (χ3v) is 16.7. The summed E-state index contributed by atoms with van der Waals surface area (Å²) in [7, 11) is -6.02. The number of rotatable bonds is 6. The first-order chi connectivity index (χ1) is 15.6. The van der Waals surface area contributed by atoms with Crippen LogP contribution >= 0.6 is 0 Å². The molecule has 0 aliphatic heterocycles. The van der Waals surface area contributed by atoms with Crippen LogP contribution in [0.2, 0.25) is 36.3 Å². The number of anilines is 1. The van der Waals surface area contributed by atoms with Gasteiger partial charge in [0.1, 0.15) is 0 Å². The van der Waals surface area contributed by atoms with Gasteiger partial charge in [-0.1, -0.05) is 54.6 Å². The standard InChI is InChI=1S/C23H34F7NO3Si2/c1-19(2,3)35(7,8)31(18(33)21(24,25)22(26,27)23(28,29)30)16-13-11-15(12-14-16)17(32)34-36(9,10)20(4,5)6/h11-14H,1-10H3. The Hall–Kier alpha value is -1.90. The molecular weight excluding hydrogens is 527 g/mol. The van der Waals surface area contributed by atoms with E-state index in [-0.39, 0.29) is 16.3 Å². The van der Waals surface area contributed by atoms with Gasteiger partial charge < -0.3 is 8.99 Å². The predicted octanol–water partition coefficient (Wildman–Crippen LogP) is 8.02. The highest BCUT2D eigenvalue weighted by atomic mass is 28.4. The van der Waals surface area contributed by atoms with E-state index in [1.165, 1.54) is 13.1 Å². The van der Waals surface area contributed by atoms with E-state index in [2.05, 4.69) is 0 Å². The van der Waals surface area contributed by atoms with Gasteiger partial charge in [0, 0.05) is 5.69 Å². The van der Waals surface area contributed by atoms with E-state index < -0.39 is 51.5 Å². The maximum Gasteiger partial charge on any atom is 0.460 e. The van der Waals surface area contributed by atoms with Gasteiger partial charge in [-0.3, -0.25) is 4.79 Å². The lowest BCUT2D eigenvalue weighted by Crippen LogP contribution is -2.67. The molecule has 0 spiro atoms. The molecule has 0 saturated heterocycles. The van der Waals surface area contributed by atoms with Crippen molar-refractivity contribution in [3.63, 3.8) is 0 Å². The molecule has 13 heteroatoms. The SMILES string of the molecule is CC(C)(C)[Si](C)(C)OC(=O)c1ccc(N(C(=O)C(F)(F)C(F)(F)C(F)(F)F)[Si](C)(C)C(C)(C)C)cc1. The molecule has 0 aliphatic rings. The Morgan fingerprint density at radius 2 is 1.17 bits per heavy atom. The average molecular weight is 562 g/mol. The molecule has 1 aromatic rings. The minimum atomic E-state index is -6.65. The molecule has 206 valence electrons. The fourth-order valence-electron chi connectivity index (χ4n) is 2.67. The topological polar surface area (TPSA) is 46.6 Å². The number of hydrogen-bond acceptors (Lipinski definition) is 3. The summed E-state index contributed by atoms with van der Waals surface area (Å²) in [5, 5.41) is -1.21. The summed E-state index contributed by atoms with van der Waals surface area (Å²) < 4.78 is 101. The lowest BCUT2D eigenvalue weighted by molar-refractivity contribution is -0.343. The van der Waals surface area contributed by atoms with Gasteiger partial charge in [0.25, 0.3) is 14.2 Å². The minimum Gasteiger partial charge on any atom is -0.516 e. The summed E-state index contributed by atoms with van der Waals surface area (Å²) in [6.45, 7) is 16.9. The first-order valence-electron chi connectivity index (χ1n) is 11.1. The Labute approximate surface area is 209 Å². The van der Waals surface area contributed by atoms with Crippen molar-refractivity contribution in [1.82, 2.24) is 0 Å². The van der Waals surface area contributed by atoms with Gasteiger partial charge in [0.2, 0.25) is 0 Å². The molecule has 1 aromatic carbocycles. The number of amides is 1. The van der Waals surface area contributed by atoms with Gasteiger partial charge in [-0.2, -0.15) is 30.7 Å². The zero-order valence-corrected chi connectivity index (χ0v) is 24.1. The van der Waals surface area contributed by atoms with Crippen molar-refractivity contribution in [1.29, 1.82) is 0 Å². The van der Waals surface area contributed by atoms with Crippen LogP contribution in [0.5, 0.6) is 0 Å². The largest absolute Gasteiger partial charge is 0.516 e. The van der Waals surface area contributed by atoms with E-state index in [0.717, 1.165) is 24.3 Å². The maximum atomic E-state index is 14.5. The third-order valence-electron chi connectivity index (χ3n) is 7.13. The molecule has 0 aromatic heterocycles. The molecule has 0 atom stereocenters. The Kier molecular flexibility index (Phi) is 8.43. The lowest BCUT2D eigenvalue weighted by Gasteiger charge is -2.47. The van der Waals surface area contributed by atoms with Gasteiger partial charge in [0.15, 0.2) is 8.24 Å². The van der Waals surface area contributed by atoms with Crippen molar-refractivity contribution in [2.24, 2.45) is 0 Å². The monoisotopic (exact) mass is 561 g/mol. The van der Waals surface area contributed by atoms with Crippen molar-refractivity contribution in [2.75, 3.05) is 4.57 Å². The number of halogens is 7. The quantitative estimate of drug-likeness (QED) is 0.261. The molecule has 4 nitrogen and oxygen atoms in total. The molecule has 1 amide bonds. The molecular formula is C23H34F7NO3Si2. The Morgan fingerprint density at radius 3 is 1.50 bits per heavy atom. The summed E-state index contributed by atoms with van der Waals surface area (Å²) in [6, 6.07) is 4.47. The van der Waals surface area contributed by atoms with Crippen LogP contribution in [0.1, 0.15) is 51.9 Å². The summed E-state index contributed by atoms with van der Waals surface area (Å²) in [5.74, 6) is -16.0. The van der Waals surface area contributed by atoms with Gasteiger partial charge in [-0.25, -0.2) is 4.79 Å². The van der Waals surface area contributed by atoms with Crippen LogP contribution in [0.15, 0.2) is 24.3 Å². The zero-order valence-electron chi connectivity index (χ0n) is 22.1. The molecule has 0 fully saturated rings. The highest BCUT2D eigenvalue weighted by Gasteiger charge is 2.77. The van der Waals surface area contributed by atoms with E-state index in [1.807, 2.05) is 33.9 Å². The fraction of sp³-hybridized carbons (Fsp3) is 0.652. The molecule has 0 bridgehead atoms. The summed E-state index contributed by atoms with van der Waals surface area (Å²) in [4.78, 5) is 25.5. The molecule has 0 unspecified atom stereocenters. The number of hydrogen-bond donors (Lipinski definition) is 0. The normalized spacial score (nSPS) is 14.5. The van der Waals surface area contributed by atoms with Gasteiger partial charge in [-0.05, 0) is 47.4 Å². The van der Waals surface area contributed by atoms with E-state index in [1.54, 1.807) is 20.8 Å². The van der Waals surface area contributed by atoms with Crippen molar-refractivity contribution in [3.8, 4) is 0 Å². The Bertz CT molecular complexity index is 977.